The first kappa shape index (κ1) is 38.0. The maximum atomic E-state index is 12.3. The first-order chi connectivity index (χ1) is 24.0. The molecular weight excluding hydrogens is 648 g/mol. The van der Waals surface area contributed by atoms with Crippen molar-refractivity contribution >= 4 is 35.1 Å². The van der Waals surface area contributed by atoms with E-state index in [2.05, 4.69) is 10.6 Å². The van der Waals surface area contributed by atoms with Gasteiger partial charge in [0.25, 0.3) is 23.2 Å². The summed E-state index contributed by atoms with van der Waals surface area (Å²) in [5, 5.41) is 26.7. The van der Waals surface area contributed by atoms with Gasteiger partial charge in [0.1, 0.15) is 12.1 Å². The molecule has 0 saturated carbocycles. The Morgan fingerprint density at radius 3 is 1.16 bits per heavy atom. The van der Waals surface area contributed by atoms with E-state index >= 15 is 0 Å². The van der Waals surface area contributed by atoms with Crippen LogP contribution in [0.25, 0.3) is 0 Å². The van der Waals surface area contributed by atoms with Crippen LogP contribution in [-0.4, -0.2) is 58.9 Å². The third-order valence-electron chi connectivity index (χ3n) is 7.00. The number of ether oxygens (including phenoxy) is 2. The van der Waals surface area contributed by atoms with Gasteiger partial charge in [0.2, 0.25) is 0 Å². The van der Waals surface area contributed by atoms with Crippen LogP contribution in [0.4, 0.5) is 11.4 Å². The summed E-state index contributed by atoms with van der Waals surface area (Å²) < 4.78 is 10.0. The summed E-state index contributed by atoms with van der Waals surface area (Å²) in [5.41, 5.74) is 2.14. The normalized spacial score (nSPS) is 11.4. The molecule has 4 aromatic carbocycles. The fraction of sp³-hybridized carbons (Fsp3) is 0.222. The molecule has 0 aliphatic rings. The summed E-state index contributed by atoms with van der Waals surface area (Å²) in [6.45, 7) is 3.74. The molecule has 2 atom stereocenters. The van der Waals surface area contributed by atoms with Gasteiger partial charge >= 0.3 is 11.9 Å². The summed E-state index contributed by atoms with van der Waals surface area (Å²) in [6, 6.07) is 26.9. The van der Waals surface area contributed by atoms with Crippen LogP contribution < -0.4 is 10.6 Å². The number of amides is 2. The highest BCUT2D eigenvalue weighted by molar-refractivity contribution is 5.97. The Morgan fingerprint density at radius 2 is 0.880 bits per heavy atom. The monoisotopic (exact) mass is 684 g/mol. The Hall–Kier alpha value is -6.44. The van der Waals surface area contributed by atoms with Gasteiger partial charge < -0.3 is 20.1 Å². The smallest absolute Gasteiger partial charge is 0.328 e. The molecule has 0 aliphatic heterocycles. The summed E-state index contributed by atoms with van der Waals surface area (Å²) in [6.07, 6.45) is 0.352. The molecule has 0 aliphatic carbocycles. The zero-order valence-electron chi connectivity index (χ0n) is 27.4. The highest BCUT2D eigenvalue weighted by Gasteiger charge is 2.25. The van der Waals surface area contributed by atoms with E-state index in [1.165, 1.54) is 24.3 Å². The molecule has 0 radical (unpaired) electrons. The van der Waals surface area contributed by atoms with Crippen molar-refractivity contribution in [3.63, 3.8) is 0 Å². The van der Waals surface area contributed by atoms with Crippen LogP contribution in [-0.2, 0) is 31.9 Å². The minimum Gasteiger partial charge on any atom is -0.464 e. The number of rotatable bonds is 14. The third kappa shape index (κ3) is 12.0. The molecule has 14 heteroatoms. The maximum absolute atomic E-state index is 12.3. The summed E-state index contributed by atoms with van der Waals surface area (Å²) in [7, 11) is 0. The van der Waals surface area contributed by atoms with Gasteiger partial charge in [0, 0.05) is 48.2 Å². The number of carbonyl (C=O) groups is 4. The van der Waals surface area contributed by atoms with Gasteiger partial charge in [-0.2, -0.15) is 0 Å². The number of nitro benzene ring substituents is 2. The Kier molecular flexibility index (Phi) is 14.7. The molecule has 0 bridgehead atoms. The molecule has 2 N–H and O–H groups in total. The van der Waals surface area contributed by atoms with Crippen LogP contribution in [0.15, 0.2) is 109 Å². The van der Waals surface area contributed by atoms with Crippen molar-refractivity contribution in [3.05, 3.63) is 152 Å². The van der Waals surface area contributed by atoms with Gasteiger partial charge in [0.15, 0.2) is 0 Å². The van der Waals surface area contributed by atoms with Crippen molar-refractivity contribution < 1.29 is 38.5 Å². The second-order valence-corrected chi connectivity index (χ2v) is 10.5. The molecule has 50 heavy (non-hydrogen) atoms. The number of esters is 2. The number of benzene rings is 4. The van der Waals surface area contributed by atoms with Gasteiger partial charge in [-0.05, 0) is 49.2 Å². The number of hydrogen-bond acceptors (Lipinski definition) is 10. The quantitative estimate of drug-likeness (QED) is 0.104. The first-order valence-corrected chi connectivity index (χ1v) is 15.5. The van der Waals surface area contributed by atoms with E-state index in [-0.39, 0.29) is 49.2 Å². The summed E-state index contributed by atoms with van der Waals surface area (Å²) in [4.78, 5) is 69.3. The Morgan fingerprint density at radius 1 is 0.560 bits per heavy atom. The SMILES string of the molecule is CCOC(=O)[C@H](Cc1ccc([N+](=O)[O-])cc1)NC(=O)c1ccccc1.CCOC(=O)[C@H](Cc1ccc([N+](=O)[O-])cc1)NC(=O)c1ccccc1. The fourth-order valence-electron chi connectivity index (χ4n) is 4.51. The molecule has 4 aromatic rings. The lowest BCUT2D eigenvalue weighted by molar-refractivity contribution is -0.385. The Balaban J connectivity index is 0.000000270. The molecule has 260 valence electrons. The highest BCUT2D eigenvalue weighted by Crippen LogP contribution is 2.15. The Labute approximate surface area is 287 Å². The van der Waals surface area contributed by atoms with Crippen molar-refractivity contribution in [2.24, 2.45) is 0 Å². The van der Waals surface area contributed by atoms with Crippen molar-refractivity contribution in [2.45, 2.75) is 38.8 Å². The molecule has 4 rings (SSSR count). The lowest BCUT2D eigenvalue weighted by Crippen LogP contribution is -2.43. The van der Waals surface area contributed by atoms with Crippen LogP contribution in [0.2, 0.25) is 0 Å². The average Bonchev–Trinajstić information content (AvgIpc) is 3.12. The number of nitrogens with zero attached hydrogens (tertiary/aromatic N) is 2. The zero-order valence-corrected chi connectivity index (χ0v) is 27.4. The molecule has 2 amide bonds. The summed E-state index contributed by atoms with van der Waals surface area (Å²) in [5.74, 6) is -1.88. The molecule has 14 nitrogen and oxygen atoms in total. The minimum atomic E-state index is -0.880. The van der Waals surface area contributed by atoms with E-state index in [4.69, 9.17) is 9.47 Å². The largest absolute Gasteiger partial charge is 0.464 e. The topological polar surface area (TPSA) is 197 Å². The zero-order chi connectivity index (χ0) is 36.5. The van der Waals surface area contributed by atoms with E-state index in [1.807, 2.05) is 0 Å². The summed E-state index contributed by atoms with van der Waals surface area (Å²) >= 11 is 0. The van der Waals surface area contributed by atoms with Crippen molar-refractivity contribution in [3.8, 4) is 0 Å². The van der Waals surface area contributed by atoms with E-state index in [0.29, 0.717) is 22.3 Å². The van der Waals surface area contributed by atoms with Gasteiger partial charge in [-0.25, -0.2) is 9.59 Å². The van der Waals surface area contributed by atoms with E-state index < -0.39 is 33.9 Å². The highest BCUT2D eigenvalue weighted by atomic mass is 16.6. The molecular formula is C36H36N4O10. The third-order valence-corrected chi connectivity index (χ3v) is 7.00. The van der Waals surface area contributed by atoms with Crippen LogP contribution in [0.3, 0.4) is 0 Å². The van der Waals surface area contributed by atoms with E-state index in [1.54, 1.807) is 98.8 Å². The van der Waals surface area contributed by atoms with Crippen molar-refractivity contribution in [2.75, 3.05) is 13.2 Å². The molecule has 0 spiro atoms. The lowest BCUT2D eigenvalue weighted by atomic mass is 10.0. The van der Waals surface area contributed by atoms with Crippen LogP contribution >= 0.6 is 0 Å². The molecule has 0 heterocycles. The van der Waals surface area contributed by atoms with Crippen molar-refractivity contribution in [1.82, 2.24) is 10.6 Å². The predicted molar refractivity (Wildman–Crippen MR) is 182 cm³/mol. The van der Waals surface area contributed by atoms with Crippen molar-refractivity contribution in [1.29, 1.82) is 0 Å². The molecule has 0 aromatic heterocycles. The lowest BCUT2D eigenvalue weighted by Gasteiger charge is -2.17. The average molecular weight is 685 g/mol. The van der Waals surface area contributed by atoms with Gasteiger partial charge in [-0.1, -0.05) is 60.7 Å². The van der Waals surface area contributed by atoms with Gasteiger partial charge in [0.05, 0.1) is 23.1 Å². The maximum Gasteiger partial charge on any atom is 0.328 e. The molecule has 0 saturated heterocycles. The second kappa shape index (κ2) is 19.4. The molecule has 0 fully saturated rings. The van der Waals surface area contributed by atoms with E-state index in [9.17, 15) is 39.4 Å². The second-order valence-electron chi connectivity index (χ2n) is 10.5. The minimum absolute atomic E-state index is 0.0373. The number of hydrogen-bond donors (Lipinski definition) is 2. The number of nitro groups is 2. The molecule has 0 unspecified atom stereocenters. The Bertz CT molecular complexity index is 1620. The number of nitrogens with one attached hydrogen (secondary N) is 2. The van der Waals surface area contributed by atoms with Crippen LogP contribution in [0.1, 0.15) is 45.7 Å². The fourth-order valence-corrected chi connectivity index (χ4v) is 4.51. The number of carbonyl (C=O) groups excluding carboxylic acids is 4. The predicted octanol–water partition coefficient (Wildman–Crippen LogP) is 5.00. The van der Waals surface area contributed by atoms with Gasteiger partial charge in [-0.3, -0.25) is 29.8 Å². The standard InChI is InChI=1S/2C18H18N2O5/c2*1-2-25-18(22)16(19-17(21)14-6-4-3-5-7-14)12-13-8-10-15(11-9-13)20(23)24/h2*3-11,16H,2,12H2,1H3,(H,19,21)/t2*16-/m00/s1. The van der Waals surface area contributed by atoms with E-state index in [0.717, 1.165) is 0 Å². The van der Waals surface area contributed by atoms with Crippen LogP contribution in [0.5, 0.6) is 0 Å². The van der Waals surface area contributed by atoms with Gasteiger partial charge in [-0.15, -0.1) is 0 Å². The van der Waals surface area contributed by atoms with Crippen LogP contribution in [0, 0.1) is 20.2 Å². The first-order valence-electron chi connectivity index (χ1n) is 15.5. The number of non-ortho nitro benzene ring substituents is 2.